The zero-order chi connectivity index (χ0) is 21.7. The Morgan fingerprint density at radius 3 is 2.19 bits per heavy atom. The Hall–Kier alpha value is -3.68. The van der Waals surface area contributed by atoms with Gasteiger partial charge in [0.2, 0.25) is 5.75 Å². The predicted octanol–water partition coefficient (Wildman–Crippen LogP) is 2.35. The first-order valence-electron chi connectivity index (χ1n) is 10.2. The van der Waals surface area contributed by atoms with Gasteiger partial charge in [-0.25, -0.2) is 0 Å². The largest absolute Gasteiger partial charge is 0.502 e. The van der Waals surface area contributed by atoms with Crippen LogP contribution in [-0.4, -0.2) is 39.0 Å². The summed E-state index contributed by atoms with van der Waals surface area (Å²) in [6.07, 6.45) is 1.69. The molecule has 1 aliphatic carbocycles. The molecule has 0 saturated carbocycles. The third-order valence-corrected chi connectivity index (χ3v) is 6.10. The summed E-state index contributed by atoms with van der Waals surface area (Å²) in [5.41, 5.74) is 2.73. The fourth-order valence-electron chi connectivity index (χ4n) is 4.55. The van der Waals surface area contributed by atoms with E-state index < -0.39 is 23.0 Å². The molecule has 0 spiro atoms. The van der Waals surface area contributed by atoms with E-state index in [2.05, 4.69) is 17.2 Å². The van der Waals surface area contributed by atoms with Crippen molar-refractivity contribution in [3.8, 4) is 5.75 Å². The number of nitrogens with zero attached hydrogens (tertiary/aromatic N) is 4. The Kier molecular flexibility index (Phi) is 4.50. The number of benzene rings is 2. The molecule has 1 aromatic heterocycles. The second-order valence-corrected chi connectivity index (χ2v) is 7.75. The second kappa shape index (κ2) is 7.23. The van der Waals surface area contributed by atoms with Crippen molar-refractivity contribution in [3.63, 3.8) is 0 Å². The summed E-state index contributed by atoms with van der Waals surface area (Å²) in [5.74, 6) is -2.83. The second-order valence-electron chi connectivity index (χ2n) is 7.75. The fourth-order valence-corrected chi connectivity index (χ4v) is 4.55. The lowest BCUT2D eigenvalue weighted by atomic mass is 9.94. The van der Waals surface area contributed by atoms with Gasteiger partial charge in [-0.3, -0.25) is 14.6 Å². The molecule has 0 fully saturated rings. The summed E-state index contributed by atoms with van der Waals surface area (Å²) in [5, 5.41) is 15.9. The van der Waals surface area contributed by atoms with Crippen molar-refractivity contribution >= 4 is 5.91 Å². The lowest BCUT2D eigenvalue weighted by molar-refractivity contribution is 0.0675. The molecule has 3 aromatic rings. The summed E-state index contributed by atoms with van der Waals surface area (Å²) in [6, 6.07) is 15.7. The summed E-state index contributed by atoms with van der Waals surface area (Å²) in [7, 11) is 0. The standard InChI is InChI=1S/C23H21FN4O3/c1-2-26-13-27(28-19(23(26)31)20(29)21(30)22(24)25-28)18-16-9-5-3-7-14(16)11-12-15-8-4-6-10-17(15)18/h3-10,18,29H,2,11-13H2,1H3. The summed E-state index contributed by atoms with van der Waals surface area (Å²) >= 11 is 0. The molecule has 158 valence electrons. The van der Waals surface area contributed by atoms with Crippen LogP contribution in [0, 0.1) is 5.95 Å². The number of fused-ring (bicyclic) bond motifs is 3. The molecule has 0 bridgehead atoms. The molecule has 0 saturated heterocycles. The molecule has 2 aromatic carbocycles. The van der Waals surface area contributed by atoms with E-state index in [0.29, 0.717) is 6.54 Å². The van der Waals surface area contributed by atoms with Crippen LogP contribution in [0.3, 0.4) is 0 Å². The van der Waals surface area contributed by atoms with Crippen molar-refractivity contribution in [2.45, 2.75) is 25.8 Å². The number of carbonyl (C=O) groups is 1. The minimum atomic E-state index is -1.35. The van der Waals surface area contributed by atoms with Crippen LogP contribution in [0.15, 0.2) is 53.3 Å². The quantitative estimate of drug-likeness (QED) is 0.689. The summed E-state index contributed by atoms with van der Waals surface area (Å²) < 4.78 is 14.3. The number of aromatic hydroxyl groups is 1. The Morgan fingerprint density at radius 2 is 1.61 bits per heavy atom. The smallest absolute Gasteiger partial charge is 0.284 e. The molecule has 0 radical (unpaired) electrons. The van der Waals surface area contributed by atoms with Gasteiger partial charge in [-0.2, -0.15) is 9.18 Å². The monoisotopic (exact) mass is 420 g/mol. The maximum absolute atomic E-state index is 14.3. The van der Waals surface area contributed by atoms with Gasteiger partial charge in [0.15, 0.2) is 5.69 Å². The first-order chi connectivity index (χ1) is 15.0. The number of halogens is 1. The molecular weight excluding hydrogens is 399 g/mol. The fraction of sp³-hybridized carbons (Fsp3) is 0.261. The Bertz CT molecular complexity index is 1210. The lowest BCUT2D eigenvalue weighted by Crippen LogP contribution is -2.56. The van der Waals surface area contributed by atoms with Crippen LogP contribution < -0.4 is 10.4 Å². The number of hydrogen-bond acceptors (Lipinski definition) is 5. The zero-order valence-electron chi connectivity index (χ0n) is 17.0. The molecular formula is C23H21FN4O3. The van der Waals surface area contributed by atoms with Gasteiger partial charge < -0.3 is 10.0 Å². The Morgan fingerprint density at radius 1 is 1.03 bits per heavy atom. The van der Waals surface area contributed by atoms with E-state index in [9.17, 15) is 19.1 Å². The average Bonchev–Trinajstić information content (AvgIpc) is 2.95. The van der Waals surface area contributed by atoms with Gasteiger partial charge >= 0.3 is 0 Å². The van der Waals surface area contributed by atoms with E-state index >= 15 is 0 Å². The van der Waals surface area contributed by atoms with Gasteiger partial charge in [0.1, 0.15) is 6.67 Å². The van der Waals surface area contributed by atoms with Gasteiger partial charge in [-0.1, -0.05) is 48.5 Å². The third kappa shape index (κ3) is 2.90. The first-order valence-corrected chi connectivity index (χ1v) is 10.2. The van der Waals surface area contributed by atoms with Crippen LogP contribution in [0.4, 0.5) is 4.39 Å². The lowest BCUT2D eigenvalue weighted by Gasteiger charge is -2.42. The van der Waals surface area contributed by atoms with Gasteiger partial charge in [-0.15, -0.1) is 5.10 Å². The number of rotatable bonds is 2. The molecule has 7 nitrogen and oxygen atoms in total. The topological polar surface area (TPSA) is 78.7 Å². The minimum absolute atomic E-state index is 0.129. The minimum Gasteiger partial charge on any atom is -0.502 e. The van der Waals surface area contributed by atoms with E-state index in [4.69, 9.17) is 0 Å². The average molecular weight is 420 g/mol. The molecule has 2 heterocycles. The highest BCUT2D eigenvalue weighted by Gasteiger charge is 2.39. The first kappa shape index (κ1) is 19.3. The number of aromatic nitrogens is 2. The van der Waals surface area contributed by atoms with Crippen molar-refractivity contribution in [2.75, 3.05) is 18.2 Å². The highest BCUT2D eigenvalue weighted by molar-refractivity contribution is 5.96. The van der Waals surface area contributed by atoms with Gasteiger partial charge in [0.25, 0.3) is 17.3 Å². The van der Waals surface area contributed by atoms with Crippen molar-refractivity contribution in [2.24, 2.45) is 0 Å². The molecule has 5 rings (SSSR count). The van der Waals surface area contributed by atoms with Crippen LogP contribution >= 0.6 is 0 Å². The maximum atomic E-state index is 14.3. The molecule has 2 aliphatic rings. The van der Waals surface area contributed by atoms with Crippen LogP contribution in [-0.2, 0) is 12.8 Å². The van der Waals surface area contributed by atoms with Gasteiger partial charge in [0, 0.05) is 6.54 Å². The predicted molar refractivity (Wildman–Crippen MR) is 112 cm³/mol. The Labute approximate surface area is 177 Å². The van der Waals surface area contributed by atoms with Crippen LogP contribution in [0.1, 0.15) is 45.7 Å². The molecule has 1 N–H and O–H groups in total. The third-order valence-electron chi connectivity index (χ3n) is 6.10. The SMILES string of the molecule is CCN1CN(C2c3ccccc3CCc3ccccc32)n2nc(F)c(=O)c(O)c2C1=O. The van der Waals surface area contributed by atoms with E-state index in [1.165, 1.54) is 4.90 Å². The zero-order valence-corrected chi connectivity index (χ0v) is 17.0. The molecule has 0 atom stereocenters. The van der Waals surface area contributed by atoms with Crippen LogP contribution in [0.25, 0.3) is 0 Å². The van der Waals surface area contributed by atoms with Gasteiger partial charge in [-0.05, 0) is 42.0 Å². The summed E-state index contributed by atoms with van der Waals surface area (Å²) in [6.45, 7) is 2.30. The van der Waals surface area contributed by atoms with Crippen molar-refractivity contribution in [1.82, 2.24) is 14.8 Å². The number of carbonyl (C=O) groups excluding carboxylic acids is 1. The Balaban J connectivity index is 1.81. The molecule has 8 heteroatoms. The van der Waals surface area contributed by atoms with E-state index in [1.54, 1.807) is 5.01 Å². The van der Waals surface area contributed by atoms with Crippen molar-refractivity contribution in [3.05, 3.63) is 92.6 Å². The molecule has 0 unspecified atom stereocenters. The molecule has 1 amide bonds. The summed E-state index contributed by atoms with van der Waals surface area (Å²) in [4.78, 5) is 27.5. The highest BCUT2D eigenvalue weighted by atomic mass is 19.1. The maximum Gasteiger partial charge on any atom is 0.284 e. The number of hydrogen-bond donors (Lipinski definition) is 1. The van der Waals surface area contributed by atoms with Crippen LogP contribution in [0.2, 0.25) is 0 Å². The number of amides is 1. The molecule has 1 aliphatic heterocycles. The van der Waals surface area contributed by atoms with Crippen molar-refractivity contribution < 1.29 is 14.3 Å². The van der Waals surface area contributed by atoms with E-state index in [0.717, 1.165) is 39.9 Å². The van der Waals surface area contributed by atoms with E-state index in [1.807, 2.05) is 43.3 Å². The number of aryl methyl sites for hydroxylation is 2. The van der Waals surface area contributed by atoms with E-state index in [-0.39, 0.29) is 18.4 Å². The van der Waals surface area contributed by atoms with Crippen LogP contribution in [0.5, 0.6) is 5.75 Å². The normalized spacial score (nSPS) is 15.9. The molecule has 31 heavy (non-hydrogen) atoms. The van der Waals surface area contributed by atoms with Gasteiger partial charge in [0.05, 0.1) is 6.04 Å². The van der Waals surface area contributed by atoms with Crippen molar-refractivity contribution in [1.29, 1.82) is 0 Å². The highest BCUT2D eigenvalue weighted by Crippen LogP contribution is 2.37.